The smallest absolute Gasteiger partial charge is 0.146 e. The Labute approximate surface area is 117 Å². The number of fused-ring (bicyclic) bond motifs is 1. The number of halogens is 1. The zero-order chi connectivity index (χ0) is 14.1. The molecule has 0 bridgehead atoms. The second-order valence-electron chi connectivity index (χ2n) is 5.04. The molecule has 1 atom stereocenters. The summed E-state index contributed by atoms with van der Waals surface area (Å²) in [4.78, 5) is 0. The van der Waals surface area contributed by atoms with Crippen molar-refractivity contribution in [3.8, 4) is 5.75 Å². The number of ether oxygens (including phenoxy) is 1. The average molecular weight is 272 g/mol. The van der Waals surface area contributed by atoms with E-state index in [1.165, 1.54) is 17.2 Å². The summed E-state index contributed by atoms with van der Waals surface area (Å²) in [5.74, 6) is 0.374. The molecule has 0 radical (unpaired) electrons. The Hall–Kier alpha value is -2.23. The lowest BCUT2D eigenvalue weighted by Crippen LogP contribution is -2.08. The fourth-order valence-corrected chi connectivity index (χ4v) is 2.72. The highest BCUT2D eigenvalue weighted by Gasteiger charge is 2.23. The summed E-state index contributed by atoms with van der Waals surface area (Å²) in [6, 6.07) is 10.7. The van der Waals surface area contributed by atoms with E-state index in [1.807, 2.05) is 18.2 Å². The predicted molar refractivity (Wildman–Crippen MR) is 78.5 cm³/mol. The second kappa shape index (κ2) is 5.04. The standard InChI is InChI=1S/C16H17FN2O/c1-20-12-4-6-14(17)16(9-12)19-15-7-2-10-8-11(18)3-5-13(10)15/h3-6,8-9,15,19H,2,7,18H2,1H3. The van der Waals surface area contributed by atoms with Gasteiger partial charge in [0, 0.05) is 11.8 Å². The Balaban J connectivity index is 1.87. The molecule has 0 saturated carbocycles. The highest BCUT2D eigenvalue weighted by atomic mass is 19.1. The third kappa shape index (κ3) is 2.29. The molecule has 1 aliphatic rings. The van der Waals surface area contributed by atoms with Gasteiger partial charge in [0.15, 0.2) is 0 Å². The number of nitrogens with two attached hydrogens (primary N) is 1. The molecule has 4 heteroatoms. The summed E-state index contributed by atoms with van der Waals surface area (Å²) in [5, 5.41) is 3.26. The summed E-state index contributed by atoms with van der Waals surface area (Å²) < 4.78 is 19.0. The number of methoxy groups -OCH3 is 1. The Morgan fingerprint density at radius 3 is 2.90 bits per heavy atom. The van der Waals surface area contributed by atoms with Crippen LogP contribution in [0.2, 0.25) is 0 Å². The van der Waals surface area contributed by atoms with Gasteiger partial charge in [0.2, 0.25) is 0 Å². The van der Waals surface area contributed by atoms with Crippen LogP contribution in [-0.2, 0) is 6.42 Å². The van der Waals surface area contributed by atoms with Gasteiger partial charge in [-0.3, -0.25) is 0 Å². The number of benzene rings is 2. The molecule has 0 fully saturated rings. The minimum absolute atomic E-state index is 0.118. The van der Waals surface area contributed by atoms with Gasteiger partial charge in [0.05, 0.1) is 18.8 Å². The topological polar surface area (TPSA) is 47.3 Å². The van der Waals surface area contributed by atoms with Crippen molar-refractivity contribution in [2.24, 2.45) is 0 Å². The van der Waals surface area contributed by atoms with Crippen LogP contribution in [0.25, 0.3) is 0 Å². The molecule has 1 unspecified atom stereocenters. The van der Waals surface area contributed by atoms with Crippen molar-refractivity contribution in [2.45, 2.75) is 18.9 Å². The first-order chi connectivity index (χ1) is 9.67. The second-order valence-corrected chi connectivity index (χ2v) is 5.04. The van der Waals surface area contributed by atoms with Crippen molar-refractivity contribution in [1.29, 1.82) is 0 Å². The molecule has 0 aromatic heterocycles. The van der Waals surface area contributed by atoms with Gasteiger partial charge in [-0.1, -0.05) is 6.07 Å². The van der Waals surface area contributed by atoms with Crippen molar-refractivity contribution in [1.82, 2.24) is 0 Å². The number of aryl methyl sites for hydroxylation is 1. The molecule has 20 heavy (non-hydrogen) atoms. The molecular formula is C16H17FN2O. The van der Waals surface area contributed by atoms with Crippen LogP contribution >= 0.6 is 0 Å². The third-order valence-electron chi connectivity index (χ3n) is 3.75. The maximum atomic E-state index is 13.9. The van der Waals surface area contributed by atoms with E-state index >= 15 is 0 Å². The van der Waals surface area contributed by atoms with Crippen molar-refractivity contribution >= 4 is 11.4 Å². The molecule has 104 valence electrons. The number of hydrogen-bond acceptors (Lipinski definition) is 3. The summed E-state index contributed by atoms with van der Waals surface area (Å²) in [7, 11) is 1.57. The zero-order valence-electron chi connectivity index (χ0n) is 11.3. The van der Waals surface area contributed by atoms with Crippen LogP contribution in [0, 0.1) is 5.82 Å². The lowest BCUT2D eigenvalue weighted by atomic mass is 10.1. The van der Waals surface area contributed by atoms with E-state index in [0.717, 1.165) is 18.5 Å². The molecule has 0 spiro atoms. The van der Waals surface area contributed by atoms with Crippen LogP contribution in [0.1, 0.15) is 23.6 Å². The minimum atomic E-state index is -0.269. The lowest BCUT2D eigenvalue weighted by Gasteiger charge is -2.17. The van der Waals surface area contributed by atoms with Crippen LogP contribution in [0.15, 0.2) is 36.4 Å². The molecule has 2 aromatic rings. The van der Waals surface area contributed by atoms with Crippen molar-refractivity contribution in [3.63, 3.8) is 0 Å². The highest BCUT2D eigenvalue weighted by Crippen LogP contribution is 2.36. The van der Waals surface area contributed by atoms with Crippen LogP contribution < -0.4 is 15.8 Å². The molecule has 3 nitrogen and oxygen atoms in total. The van der Waals surface area contributed by atoms with Crippen LogP contribution in [0.4, 0.5) is 15.8 Å². The van der Waals surface area contributed by atoms with Gasteiger partial charge in [0.1, 0.15) is 11.6 Å². The van der Waals surface area contributed by atoms with Crippen molar-refractivity contribution in [3.05, 3.63) is 53.3 Å². The van der Waals surface area contributed by atoms with Crippen molar-refractivity contribution < 1.29 is 9.13 Å². The normalized spacial score (nSPS) is 16.8. The van der Waals surface area contributed by atoms with Crippen LogP contribution in [-0.4, -0.2) is 7.11 Å². The van der Waals surface area contributed by atoms with Gasteiger partial charge in [-0.05, 0) is 48.2 Å². The number of rotatable bonds is 3. The molecular weight excluding hydrogens is 255 g/mol. The van der Waals surface area contributed by atoms with Gasteiger partial charge < -0.3 is 15.8 Å². The van der Waals surface area contributed by atoms with Gasteiger partial charge in [-0.15, -0.1) is 0 Å². The van der Waals surface area contributed by atoms with Crippen molar-refractivity contribution in [2.75, 3.05) is 18.2 Å². The van der Waals surface area contributed by atoms with Gasteiger partial charge in [-0.25, -0.2) is 4.39 Å². The fourth-order valence-electron chi connectivity index (χ4n) is 2.72. The monoisotopic (exact) mass is 272 g/mol. The Kier molecular flexibility index (Phi) is 3.22. The van der Waals surface area contributed by atoms with E-state index in [9.17, 15) is 4.39 Å². The number of anilines is 2. The molecule has 0 aliphatic heterocycles. The molecule has 0 heterocycles. The SMILES string of the molecule is COc1ccc(F)c(NC2CCc3cc(N)ccc32)c1. The number of hydrogen-bond donors (Lipinski definition) is 2. The van der Waals surface area contributed by atoms with Gasteiger partial charge in [-0.2, -0.15) is 0 Å². The molecule has 3 rings (SSSR count). The Bertz CT molecular complexity index is 642. The van der Waals surface area contributed by atoms with Gasteiger partial charge >= 0.3 is 0 Å². The van der Waals surface area contributed by atoms with E-state index in [2.05, 4.69) is 5.32 Å². The zero-order valence-corrected chi connectivity index (χ0v) is 11.3. The van der Waals surface area contributed by atoms with E-state index in [0.29, 0.717) is 11.4 Å². The Morgan fingerprint density at radius 2 is 2.10 bits per heavy atom. The lowest BCUT2D eigenvalue weighted by molar-refractivity contribution is 0.414. The first-order valence-corrected chi connectivity index (χ1v) is 6.66. The van der Waals surface area contributed by atoms with Gasteiger partial charge in [0.25, 0.3) is 0 Å². The van der Waals surface area contributed by atoms with E-state index in [4.69, 9.17) is 10.5 Å². The summed E-state index contributed by atoms with van der Waals surface area (Å²) in [6.07, 6.45) is 1.90. The van der Waals surface area contributed by atoms with E-state index in [1.54, 1.807) is 19.2 Å². The predicted octanol–water partition coefficient (Wildman–Crippen LogP) is 3.52. The molecule has 0 amide bonds. The van der Waals surface area contributed by atoms with E-state index in [-0.39, 0.29) is 11.9 Å². The Morgan fingerprint density at radius 1 is 1.25 bits per heavy atom. The highest BCUT2D eigenvalue weighted by molar-refractivity contribution is 5.54. The first kappa shape index (κ1) is 12.8. The maximum absolute atomic E-state index is 13.9. The quantitative estimate of drug-likeness (QED) is 0.840. The summed E-state index contributed by atoms with van der Waals surface area (Å²) in [6.45, 7) is 0. The van der Waals surface area contributed by atoms with E-state index < -0.39 is 0 Å². The fraction of sp³-hybridized carbons (Fsp3) is 0.250. The largest absolute Gasteiger partial charge is 0.497 e. The summed E-state index contributed by atoms with van der Waals surface area (Å²) in [5.41, 5.74) is 9.48. The average Bonchev–Trinajstić information content (AvgIpc) is 2.83. The van der Waals surface area contributed by atoms with Crippen LogP contribution in [0.3, 0.4) is 0 Å². The molecule has 0 saturated heterocycles. The number of nitrogens with one attached hydrogen (secondary N) is 1. The third-order valence-corrected chi connectivity index (χ3v) is 3.75. The molecule has 1 aliphatic carbocycles. The molecule has 2 aromatic carbocycles. The summed E-state index contributed by atoms with van der Waals surface area (Å²) >= 11 is 0. The molecule has 3 N–H and O–H groups in total. The van der Waals surface area contributed by atoms with Crippen LogP contribution in [0.5, 0.6) is 5.75 Å². The minimum Gasteiger partial charge on any atom is -0.497 e. The number of nitrogen functional groups attached to an aromatic ring is 1. The maximum Gasteiger partial charge on any atom is 0.146 e. The first-order valence-electron chi connectivity index (χ1n) is 6.66.